The maximum Gasteiger partial charge on any atom is 0.322 e. The van der Waals surface area contributed by atoms with Crippen molar-refractivity contribution in [2.75, 3.05) is 18.5 Å². The van der Waals surface area contributed by atoms with Crippen LogP contribution in [0.1, 0.15) is 19.1 Å². The number of halogens is 1. The van der Waals surface area contributed by atoms with Gasteiger partial charge in [0.15, 0.2) is 0 Å². The smallest absolute Gasteiger partial charge is 0.322 e. The number of anilines is 1. The van der Waals surface area contributed by atoms with Crippen LogP contribution in [0.15, 0.2) is 47.1 Å². The second kappa shape index (κ2) is 8.71. The van der Waals surface area contributed by atoms with Gasteiger partial charge in [0.25, 0.3) is 0 Å². The van der Waals surface area contributed by atoms with Crippen molar-refractivity contribution < 1.29 is 23.1 Å². The summed E-state index contributed by atoms with van der Waals surface area (Å²) in [7, 11) is 0. The lowest BCUT2D eigenvalue weighted by atomic mass is 10.3. The number of urea groups is 1. The van der Waals surface area contributed by atoms with E-state index in [2.05, 4.69) is 5.32 Å². The largest absolute Gasteiger partial charge is 0.467 e. The van der Waals surface area contributed by atoms with Gasteiger partial charge in [0, 0.05) is 12.2 Å². The van der Waals surface area contributed by atoms with Crippen molar-refractivity contribution >= 4 is 17.7 Å². The van der Waals surface area contributed by atoms with E-state index >= 15 is 0 Å². The van der Waals surface area contributed by atoms with E-state index in [9.17, 15) is 14.0 Å². The number of hydrogen-bond donors (Lipinski definition) is 1. The van der Waals surface area contributed by atoms with Crippen molar-refractivity contribution in [1.82, 2.24) is 4.90 Å². The first-order valence-electron chi connectivity index (χ1n) is 7.58. The first kappa shape index (κ1) is 17.5. The zero-order valence-corrected chi connectivity index (χ0v) is 13.3. The number of hydrogen-bond acceptors (Lipinski definition) is 4. The van der Waals surface area contributed by atoms with Crippen LogP contribution in [0.2, 0.25) is 0 Å². The van der Waals surface area contributed by atoms with Crippen molar-refractivity contribution in [1.29, 1.82) is 0 Å². The molecule has 0 aliphatic rings. The van der Waals surface area contributed by atoms with Crippen LogP contribution in [0.5, 0.6) is 0 Å². The second-order valence-electron chi connectivity index (χ2n) is 5.00. The summed E-state index contributed by atoms with van der Waals surface area (Å²) in [5.41, 5.74) is 0.334. The number of furan rings is 1. The molecule has 0 bridgehead atoms. The SMILES string of the molecule is CCOC(=O)CCN(Cc1ccco1)C(=O)Nc1cccc(F)c1. The summed E-state index contributed by atoms with van der Waals surface area (Å²) >= 11 is 0. The predicted molar refractivity (Wildman–Crippen MR) is 85.8 cm³/mol. The summed E-state index contributed by atoms with van der Waals surface area (Å²) in [5.74, 6) is -0.259. The Morgan fingerprint density at radius 1 is 1.29 bits per heavy atom. The fraction of sp³-hybridized carbons (Fsp3) is 0.294. The average molecular weight is 334 g/mol. The molecular formula is C17H19FN2O4. The number of nitrogens with zero attached hydrogens (tertiary/aromatic N) is 1. The number of carbonyl (C=O) groups is 2. The van der Waals surface area contributed by atoms with E-state index in [0.717, 1.165) is 0 Å². The fourth-order valence-corrected chi connectivity index (χ4v) is 2.07. The number of ether oxygens (including phenoxy) is 1. The third kappa shape index (κ3) is 5.42. The Kier molecular flexibility index (Phi) is 6.36. The molecule has 0 atom stereocenters. The van der Waals surface area contributed by atoms with Gasteiger partial charge in [-0.3, -0.25) is 4.79 Å². The summed E-state index contributed by atoms with van der Waals surface area (Å²) < 4.78 is 23.3. The van der Waals surface area contributed by atoms with Gasteiger partial charge in [0.05, 0.1) is 25.8 Å². The molecule has 0 aliphatic heterocycles. The lowest BCUT2D eigenvalue weighted by Crippen LogP contribution is -2.36. The topological polar surface area (TPSA) is 71.8 Å². The molecule has 2 rings (SSSR count). The van der Waals surface area contributed by atoms with Gasteiger partial charge in [-0.2, -0.15) is 0 Å². The third-order valence-electron chi connectivity index (χ3n) is 3.18. The molecule has 7 heteroatoms. The molecule has 1 heterocycles. The molecule has 128 valence electrons. The Hall–Kier alpha value is -2.83. The molecule has 0 radical (unpaired) electrons. The molecular weight excluding hydrogens is 315 g/mol. The van der Waals surface area contributed by atoms with Crippen molar-refractivity contribution in [2.24, 2.45) is 0 Å². The molecule has 24 heavy (non-hydrogen) atoms. The normalized spacial score (nSPS) is 10.2. The molecule has 1 aromatic heterocycles. The van der Waals surface area contributed by atoms with E-state index in [4.69, 9.17) is 9.15 Å². The minimum Gasteiger partial charge on any atom is -0.467 e. The van der Waals surface area contributed by atoms with Crippen LogP contribution < -0.4 is 5.32 Å². The maximum atomic E-state index is 13.2. The predicted octanol–water partition coefficient (Wildman–Crippen LogP) is 3.41. The highest BCUT2D eigenvalue weighted by Gasteiger charge is 2.17. The van der Waals surface area contributed by atoms with Crippen molar-refractivity contribution in [3.63, 3.8) is 0 Å². The molecule has 2 aromatic rings. The Morgan fingerprint density at radius 2 is 2.12 bits per heavy atom. The summed E-state index contributed by atoms with van der Waals surface area (Å²) in [5, 5.41) is 2.60. The van der Waals surface area contributed by atoms with Gasteiger partial charge in [-0.25, -0.2) is 9.18 Å². The van der Waals surface area contributed by atoms with Gasteiger partial charge >= 0.3 is 12.0 Å². The van der Waals surface area contributed by atoms with Crippen LogP contribution in [0.4, 0.5) is 14.9 Å². The van der Waals surface area contributed by atoms with Crippen molar-refractivity contribution in [3.8, 4) is 0 Å². The van der Waals surface area contributed by atoms with Gasteiger partial charge in [-0.05, 0) is 37.3 Å². The Labute approximate surface area is 139 Å². The summed E-state index contributed by atoms with van der Waals surface area (Å²) in [6.07, 6.45) is 1.56. The van der Waals surface area contributed by atoms with Gasteiger partial charge < -0.3 is 19.4 Å². The highest BCUT2D eigenvalue weighted by Crippen LogP contribution is 2.12. The molecule has 2 amide bonds. The van der Waals surface area contributed by atoms with Crippen molar-refractivity contribution in [2.45, 2.75) is 19.9 Å². The van der Waals surface area contributed by atoms with Gasteiger partial charge in [0.2, 0.25) is 0 Å². The molecule has 0 saturated heterocycles. The molecule has 1 aromatic carbocycles. The van der Waals surface area contributed by atoms with Crippen LogP contribution in [0, 0.1) is 5.82 Å². The number of esters is 1. The minimum absolute atomic E-state index is 0.0606. The number of carbonyl (C=O) groups excluding carboxylic acids is 2. The van der Waals surface area contributed by atoms with Gasteiger partial charge in [-0.1, -0.05) is 6.07 Å². The molecule has 0 saturated carbocycles. The standard InChI is InChI=1S/C17H19FN2O4/c1-2-23-16(21)8-9-20(12-15-7-4-10-24-15)17(22)19-14-6-3-5-13(18)11-14/h3-7,10-11H,2,8-9,12H2,1H3,(H,19,22). The number of nitrogens with one attached hydrogen (secondary N) is 1. The van der Waals surface area contributed by atoms with Crippen molar-refractivity contribution in [3.05, 3.63) is 54.2 Å². The Bertz CT molecular complexity index is 673. The highest BCUT2D eigenvalue weighted by atomic mass is 19.1. The summed E-state index contributed by atoms with van der Waals surface area (Å²) in [4.78, 5) is 25.3. The Balaban J connectivity index is 2.02. The van der Waals surface area contributed by atoms with Gasteiger partial charge in [-0.15, -0.1) is 0 Å². The van der Waals surface area contributed by atoms with E-state index in [-0.39, 0.29) is 32.1 Å². The zero-order valence-electron chi connectivity index (χ0n) is 13.3. The van der Waals surface area contributed by atoms with Crippen LogP contribution in [0.25, 0.3) is 0 Å². The zero-order chi connectivity index (χ0) is 17.4. The van der Waals surface area contributed by atoms with Crippen LogP contribution in [-0.4, -0.2) is 30.1 Å². The molecule has 0 spiro atoms. The molecule has 6 nitrogen and oxygen atoms in total. The summed E-state index contributed by atoms with van der Waals surface area (Å²) in [6.45, 7) is 2.34. The molecule has 0 aliphatic carbocycles. The van der Waals surface area contributed by atoms with Crippen LogP contribution in [0.3, 0.4) is 0 Å². The van der Waals surface area contributed by atoms with E-state index in [1.54, 1.807) is 25.1 Å². The molecule has 1 N–H and O–H groups in total. The molecule has 0 unspecified atom stereocenters. The van der Waals surface area contributed by atoms with Crippen LogP contribution >= 0.6 is 0 Å². The number of rotatable bonds is 7. The minimum atomic E-state index is -0.457. The number of benzene rings is 1. The monoisotopic (exact) mass is 334 g/mol. The highest BCUT2D eigenvalue weighted by molar-refractivity contribution is 5.89. The number of amides is 2. The van der Waals surface area contributed by atoms with E-state index in [1.807, 2.05) is 0 Å². The lowest BCUT2D eigenvalue weighted by molar-refractivity contribution is -0.143. The third-order valence-corrected chi connectivity index (χ3v) is 3.18. The first-order valence-corrected chi connectivity index (χ1v) is 7.58. The van der Waals surface area contributed by atoms with Crippen LogP contribution in [-0.2, 0) is 16.1 Å². The van der Waals surface area contributed by atoms with E-state index < -0.39 is 11.8 Å². The molecule has 0 fully saturated rings. The van der Waals surface area contributed by atoms with E-state index in [0.29, 0.717) is 11.4 Å². The summed E-state index contributed by atoms with van der Waals surface area (Å²) in [6, 6.07) is 8.57. The maximum absolute atomic E-state index is 13.2. The quantitative estimate of drug-likeness (QED) is 0.788. The average Bonchev–Trinajstić information content (AvgIpc) is 3.04. The van der Waals surface area contributed by atoms with Gasteiger partial charge in [0.1, 0.15) is 11.6 Å². The lowest BCUT2D eigenvalue weighted by Gasteiger charge is -2.21. The Morgan fingerprint density at radius 3 is 2.79 bits per heavy atom. The van der Waals surface area contributed by atoms with E-state index in [1.165, 1.54) is 29.4 Å². The fourth-order valence-electron chi connectivity index (χ4n) is 2.07. The second-order valence-corrected chi connectivity index (χ2v) is 5.00. The first-order chi connectivity index (χ1) is 11.6.